The number of benzene rings is 2. The van der Waals surface area contributed by atoms with Gasteiger partial charge in [-0.1, -0.05) is 12.1 Å². The van der Waals surface area contributed by atoms with E-state index in [1.165, 1.54) is 6.07 Å². The predicted octanol–water partition coefficient (Wildman–Crippen LogP) is 4.78. The fourth-order valence-electron chi connectivity index (χ4n) is 1.91. The van der Waals surface area contributed by atoms with E-state index >= 15 is 0 Å². The van der Waals surface area contributed by atoms with E-state index in [1.54, 1.807) is 19.1 Å². The smallest absolute Gasteiger partial charge is 0.176 e. The Morgan fingerprint density at radius 1 is 0.824 bits per heavy atom. The van der Waals surface area contributed by atoms with E-state index in [4.69, 9.17) is 0 Å². The van der Waals surface area contributed by atoms with Gasteiger partial charge in [0, 0.05) is 10.8 Å². The zero-order valence-corrected chi connectivity index (χ0v) is 9.67. The van der Waals surface area contributed by atoms with Gasteiger partial charge in [0.1, 0.15) is 5.82 Å². The van der Waals surface area contributed by atoms with E-state index in [1.807, 2.05) is 0 Å². The first-order valence-corrected chi connectivity index (χ1v) is 5.86. The SMILES string of the molecule is Cc1ccc2c(sc3c(F)c(F)ccc32)c1F. The summed E-state index contributed by atoms with van der Waals surface area (Å²) in [5, 5.41) is 1.19. The minimum absolute atomic E-state index is 0.171. The molecular weight excluding hydrogens is 245 g/mol. The van der Waals surface area contributed by atoms with Gasteiger partial charge >= 0.3 is 0 Å². The molecule has 0 aliphatic carbocycles. The van der Waals surface area contributed by atoms with Crippen LogP contribution in [0.3, 0.4) is 0 Å². The van der Waals surface area contributed by atoms with Crippen LogP contribution in [0.25, 0.3) is 20.2 Å². The number of thiophene rings is 1. The molecule has 0 bridgehead atoms. The van der Waals surface area contributed by atoms with E-state index in [-0.39, 0.29) is 10.5 Å². The molecule has 4 heteroatoms. The molecule has 2 aromatic carbocycles. The molecule has 0 spiro atoms. The molecule has 3 aromatic rings. The molecule has 1 aromatic heterocycles. The van der Waals surface area contributed by atoms with E-state index in [2.05, 4.69) is 0 Å². The van der Waals surface area contributed by atoms with Crippen molar-refractivity contribution >= 4 is 31.5 Å². The second-order valence-corrected chi connectivity index (χ2v) is 4.93. The van der Waals surface area contributed by atoms with E-state index < -0.39 is 11.6 Å². The van der Waals surface area contributed by atoms with Crippen molar-refractivity contribution in [3.8, 4) is 0 Å². The molecule has 3 rings (SSSR count). The van der Waals surface area contributed by atoms with E-state index in [0.717, 1.165) is 17.4 Å². The first-order chi connectivity index (χ1) is 8.09. The average molecular weight is 252 g/mol. The molecule has 17 heavy (non-hydrogen) atoms. The molecule has 0 radical (unpaired) electrons. The maximum absolute atomic E-state index is 13.9. The second kappa shape index (κ2) is 3.47. The molecule has 0 fully saturated rings. The number of halogens is 3. The van der Waals surface area contributed by atoms with Crippen LogP contribution in [0, 0.1) is 24.4 Å². The lowest BCUT2D eigenvalue weighted by molar-refractivity contribution is 0.518. The van der Waals surface area contributed by atoms with Crippen LogP contribution >= 0.6 is 11.3 Å². The van der Waals surface area contributed by atoms with Crippen molar-refractivity contribution in [2.75, 3.05) is 0 Å². The molecule has 0 nitrogen and oxygen atoms in total. The molecule has 1 heterocycles. The Morgan fingerprint density at radius 2 is 1.41 bits per heavy atom. The third kappa shape index (κ3) is 1.37. The second-order valence-electron chi connectivity index (χ2n) is 3.91. The molecule has 86 valence electrons. The van der Waals surface area contributed by atoms with Gasteiger partial charge in [0.2, 0.25) is 0 Å². The highest BCUT2D eigenvalue weighted by Gasteiger charge is 2.15. The molecule has 0 saturated heterocycles. The fraction of sp³-hybridized carbons (Fsp3) is 0.0769. The van der Waals surface area contributed by atoms with Crippen LogP contribution in [0.5, 0.6) is 0 Å². The third-order valence-electron chi connectivity index (χ3n) is 2.83. The Morgan fingerprint density at radius 3 is 2.12 bits per heavy atom. The first kappa shape index (κ1) is 10.6. The number of hydrogen-bond donors (Lipinski definition) is 0. The van der Waals surface area contributed by atoms with Gasteiger partial charge in [-0.05, 0) is 24.6 Å². The minimum atomic E-state index is -0.902. The van der Waals surface area contributed by atoms with Crippen LogP contribution in [0.1, 0.15) is 5.56 Å². The van der Waals surface area contributed by atoms with Crippen molar-refractivity contribution in [2.24, 2.45) is 0 Å². The molecule has 0 saturated carbocycles. The lowest BCUT2D eigenvalue weighted by Crippen LogP contribution is -1.82. The van der Waals surface area contributed by atoms with Crippen LogP contribution < -0.4 is 0 Å². The standard InChI is InChI=1S/C13H7F3S/c1-6-2-3-7-8-4-5-9(14)11(16)13(8)17-12(7)10(6)15/h2-5H,1H3. The Kier molecular flexibility index (Phi) is 2.16. The van der Waals surface area contributed by atoms with Crippen molar-refractivity contribution in [3.05, 3.63) is 47.3 Å². The van der Waals surface area contributed by atoms with Crippen LogP contribution in [0.2, 0.25) is 0 Å². The molecular formula is C13H7F3S. The van der Waals surface area contributed by atoms with Gasteiger partial charge in [-0.3, -0.25) is 0 Å². The summed E-state index contributed by atoms with van der Waals surface area (Å²) in [6, 6.07) is 5.94. The van der Waals surface area contributed by atoms with Crippen LogP contribution in [0.4, 0.5) is 13.2 Å². The summed E-state index contributed by atoms with van der Waals surface area (Å²) in [5.41, 5.74) is 0.505. The summed E-state index contributed by atoms with van der Waals surface area (Å²) in [6.45, 7) is 1.65. The van der Waals surface area contributed by atoms with Crippen LogP contribution in [-0.4, -0.2) is 0 Å². The highest BCUT2D eigenvalue weighted by atomic mass is 32.1. The third-order valence-corrected chi connectivity index (χ3v) is 4.04. The minimum Gasteiger partial charge on any atom is -0.205 e. The van der Waals surface area contributed by atoms with Crippen molar-refractivity contribution in [3.63, 3.8) is 0 Å². The summed E-state index contributed by atoms with van der Waals surface area (Å²) < 4.78 is 41.1. The van der Waals surface area contributed by atoms with E-state index in [0.29, 0.717) is 21.0 Å². The summed E-state index contributed by atoms with van der Waals surface area (Å²) >= 11 is 0.953. The van der Waals surface area contributed by atoms with Gasteiger partial charge < -0.3 is 0 Å². The number of fused-ring (bicyclic) bond motifs is 3. The number of aryl methyl sites for hydroxylation is 1. The van der Waals surface area contributed by atoms with Crippen molar-refractivity contribution in [2.45, 2.75) is 6.92 Å². The highest BCUT2D eigenvalue weighted by molar-refractivity contribution is 7.25. The molecule has 0 N–H and O–H groups in total. The van der Waals surface area contributed by atoms with Gasteiger partial charge in [-0.25, -0.2) is 13.2 Å². The Labute approximate surface area is 99.3 Å². The summed E-state index contributed by atoms with van der Waals surface area (Å²) in [6.07, 6.45) is 0. The van der Waals surface area contributed by atoms with Crippen molar-refractivity contribution in [1.29, 1.82) is 0 Å². The number of hydrogen-bond acceptors (Lipinski definition) is 1. The van der Waals surface area contributed by atoms with Gasteiger partial charge in [-0.2, -0.15) is 0 Å². The monoisotopic (exact) mass is 252 g/mol. The Bertz CT molecular complexity index is 681. The lowest BCUT2D eigenvalue weighted by atomic mass is 10.1. The molecule has 0 aliphatic heterocycles. The lowest BCUT2D eigenvalue weighted by Gasteiger charge is -1.96. The summed E-state index contributed by atoms with van der Waals surface area (Å²) in [4.78, 5) is 0. The maximum atomic E-state index is 13.9. The van der Waals surface area contributed by atoms with Gasteiger partial charge in [0.25, 0.3) is 0 Å². The predicted molar refractivity (Wildman–Crippen MR) is 63.9 cm³/mol. The van der Waals surface area contributed by atoms with Crippen LogP contribution in [0.15, 0.2) is 24.3 Å². The quantitative estimate of drug-likeness (QED) is 0.540. The fourth-order valence-corrected chi connectivity index (χ4v) is 3.13. The Hall–Kier alpha value is -1.55. The zero-order valence-electron chi connectivity index (χ0n) is 8.85. The van der Waals surface area contributed by atoms with Gasteiger partial charge in [0.05, 0.1) is 9.40 Å². The van der Waals surface area contributed by atoms with Crippen LogP contribution in [-0.2, 0) is 0 Å². The summed E-state index contributed by atoms with van der Waals surface area (Å²) in [7, 11) is 0. The van der Waals surface area contributed by atoms with Crippen molar-refractivity contribution in [1.82, 2.24) is 0 Å². The number of rotatable bonds is 0. The molecule has 0 aliphatic rings. The Balaban J connectivity index is 2.58. The molecule has 0 atom stereocenters. The van der Waals surface area contributed by atoms with Gasteiger partial charge in [0.15, 0.2) is 11.6 Å². The highest BCUT2D eigenvalue weighted by Crippen LogP contribution is 2.38. The van der Waals surface area contributed by atoms with Crippen molar-refractivity contribution < 1.29 is 13.2 Å². The normalized spacial score (nSPS) is 11.5. The van der Waals surface area contributed by atoms with Gasteiger partial charge in [-0.15, -0.1) is 11.3 Å². The average Bonchev–Trinajstić information content (AvgIpc) is 2.69. The topological polar surface area (TPSA) is 0 Å². The largest absolute Gasteiger partial charge is 0.205 e. The van der Waals surface area contributed by atoms with E-state index in [9.17, 15) is 13.2 Å². The summed E-state index contributed by atoms with van der Waals surface area (Å²) in [5.74, 6) is -2.16. The zero-order chi connectivity index (χ0) is 12.2. The first-order valence-electron chi connectivity index (χ1n) is 5.05. The molecule has 0 unspecified atom stereocenters. The molecule has 0 amide bonds. The maximum Gasteiger partial charge on any atom is 0.176 e.